The summed E-state index contributed by atoms with van der Waals surface area (Å²) in [6.45, 7) is 2.16. The van der Waals surface area contributed by atoms with Gasteiger partial charge in [0.25, 0.3) is 0 Å². The Balaban J connectivity index is 1.74. The molecule has 0 spiro atoms. The number of ether oxygens (including phenoxy) is 1. The minimum Gasteiger partial charge on any atom is -0.446 e. The summed E-state index contributed by atoms with van der Waals surface area (Å²) in [5, 5.41) is 0. The molecular formula is C20H19NO3. The molecule has 0 N–H and O–H groups in total. The predicted molar refractivity (Wildman–Crippen MR) is 92.1 cm³/mol. The average Bonchev–Trinajstić information content (AvgIpc) is 3.02. The molecule has 0 unspecified atom stereocenters. The van der Waals surface area contributed by atoms with Crippen molar-refractivity contribution in [2.24, 2.45) is 0 Å². The van der Waals surface area contributed by atoms with Gasteiger partial charge in [-0.2, -0.15) is 0 Å². The zero-order valence-corrected chi connectivity index (χ0v) is 13.5. The molecule has 3 rings (SSSR count). The highest BCUT2D eigenvalue weighted by Gasteiger charge is 2.38. The van der Waals surface area contributed by atoms with Gasteiger partial charge in [-0.3, -0.25) is 4.79 Å². The normalized spacial score (nSPS) is 17.7. The molecular weight excluding hydrogens is 302 g/mol. The lowest BCUT2D eigenvalue weighted by Crippen LogP contribution is -2.33. The molecule has 4 heteroatoms. The fraction of sp³-hybridized carbons (Fsp3) is 0.200. The summed E-state index contributed by atoms with van der Waals surface area (Å²) in [5.41, 5.74) is 2.97. The molecule has 1 aliphatic rings. The quantitative estimate of drug-likeness (QED) is 0.848. The van der Waals surface area contributed by atoms with Crippen LogP contribution in [0.4, 0.5) is 4.79 Å². The number of rotatable bonds is 4. The monoisotopic (exact) mass is 321 g/mol. The van der Waals surface area contributed by atoms with Gasteiger partial charge in [-0.15, -0.1) is 0 Å². The molecule has 1 fully saturated rings. The fourth-order valence-corrected chi connectivity index (χ4v) is 2.78. The summed E-state index contributed by atoms with van der Waals surface area (Å²) in [5.74, 6) is -0.248. The number of allylic oxidation sites excluding steroid dienone is 1. The summed E-state index contributed by atoms with van der Waals surface area (Å²) < 4.78 is 5.09. The molecule has 0 radical (unpaired) electrons. The van der Waals surface area contributed by atoms with Gasteiger partial charge in [-0.05, 0) is 23.6 Å². The molecule has 1 saturated heterocycles. The van der Waals surface area contributed by atoms with Crippen LogP contribution in [0.3, 0.4) is 0 Å². The van der Waals surface area contributed by atoms with Gasteiger partial charge < -0.3 is 4.74 Å². The number of nitrogens with zero attached hydrogens (tertiary/aromatic N) is 1. The summed E-state index contributed by atoms with van der Waals surface area (Å²) in [6, 6.07) is 19.0. The largest absolute Gasteiger partial charge is 0.446 e. The molecule has 24 heavy (non-hydrogen) atoms. The van der Waals surface area contributed by atoms with Gasteiger partial charge in [-0.25, -0.2) is 9.69 Å². The number of carbonyl (C=O) groups is 2. The Bertz CT molecular complexity index is 753. The minimum absolute atomic E-state index is 0.166. The van der Waals surface area contributed by atoms with Gasteiger partial charge in [0.2, 0.25) is 5.91 Å². The van der Waals surface area contributed by atoms with E-state index < -0.39 is 6.09 Å². The van der Waals surface area contributed by atoms with Crippen LogP contribution < -0.4 is 0 Å². The van der Waals surface area contributed by atoms with Gasteiger partial charge in [-0.1, -0.05) is 66.7 Å². The van der Waals surface area contributed by atoms with Crippen molar-refractivity contribution >= 4 is 17.6 Å². The molecule has 1 aliphatic heterocycles. The van der Waals surface area contributed by atoms with Gasteiger partial charge in [0.15, 0.2) is 0 Å². The van der Waals surface area contributed by atoms with E-state index in [-0.39, 0.29) is 25.0 Å². The lowest BCUT2D eigenvalue weighted by Gasteiger charge is -2.19. The first-order valence-electron chi connectivity index (χ1n) is 7.93. The van der Waals surface area contributed by atoms with E-state index >= 15 is 0 Å². The summed E-state index contributed by atoms with van der Waals surface area (Å²) in [6.07, 6.45) is 1.45. The highest BCUT2D eigenvalue weighted by atomic mass is 16.6. The third-order valence-corrected chi connectivity index (χ3v) is 4.14. The van der Waals surface area contributed by atoms with Crippen LogP contribution >= 0.6 is 0 Å². The van der Waals surface area contributed by atoms with Crippen molar-refractivity contribution in [3.63, 3.8) is 0 Å². The first-order chi connectivity index (χ1) is 11.7. The van der Waals surface area contributed by atoms with Crippen molar-refractivity contribution in [1.29, 1.82) is 0 Å². The van der Waals surface area contributed by atoms with Crippen LogP contribution in [0.1, 0.15) is 30.5 Å². The number of benzene rings is 2. The lowest BCUT2D eigenvalue weighted by atomic mass is 10.1. The second kappa shape index (κ2) is 7.13. The number of cyclic esters (lactones) is 1. The maximum absolute atomic E-state index is 12.6. The fourth-order valence-electron chi connectivity index (χ4n) is 2.78. The van der Waals surface area contributed by atoms with Crippen molar-refractivity contribution in [3.8, 4) is 0 Å². The smallest absolute Gasteiger partial charge is 0.417 e. The summed E-state index contributed by atoms with van der Waals surface area (Å²) in [4.78, 5) is 25.8. The average molecular weight is 321 g/mol. The van der Waals surface area contributed by atoms with E-state index in [1.807, 2.05) is 73.7 Å². The van der Waals surface area contributed by atoms with Crippen LogP contribution in [0.2, 0.25) is 0 Å². The molecule has 2 aromatic rings. The van der Waals surface area contributed by atoms with Crippen molar-refractivity contribution in [2.75, 3.05) is 6.61 Å². The first kappa shape index (κ1) is 16.0. The lowest BCUT2D eigenvalue weighted by molar-refractivity contribution is -0.128. The number of amides is 2. The van der Waals surface area contributed by atoms with E-state index in [1.54, 1.807) is 0 Å². The van der Waals surface area contributed by atoms with E-state index in [0.717, 1.165) is 16.7 Å². The first-order valence-corrected chi connectivity index (χ1v) is 7.93. The Kier molecular flexibility index (Phi) is 4.75. The maximum atomic E-state index is 12.6. The van der Waals surface area contributed by atoms with Gasteiger partial charge in [0.1, 0.15) is 12.6 Å². The number of imide groups is 1. The maximum Gasteiger partial charge on any atom is 0.417 e. The topological polar surface area (TPSA) is 46.6 Å². The summed E-state index contributed by atoms with van der Waals surface area (Å²) in [7, 11) is 0. The number of hydrogen-bond acceptors (Lipinski definition) is 3. The molecule has 0 aliphatic carbocycles. The van der Waals surface area contributed by atoms with Gasteiger partial charge >= 0.3 is 6.09 Å². The minimum atomic E-state index is -0.570. The van der Waals surface area contributed by atoms with Crippen LogP contribution in [0.25, 0.3) is 5.57 Å². The third-order valence-electron chi connectivity index (χ3n) is 4.14. The zero-order valence-electron chi connectivity index (χ0n) is 13.5. The predicted octanol–water partition coefficient (Wildman–Crippen LogP) is 4.20. The molecule has 0 aromatic heterocycles. The second-order valence-electron chi connectivity index (χ2n) is 5.72. The van der Waals surface area contributed by atoms with E-state index in [0.29, 0.717) is 0 Å². The Morgan fingerprint density at radius 2 is 1.75 bits per heavy atom. The molecule has 0 saturated carbocycles. The molecule has 4 nitrogen and oxygen atoms in total. The molecule has 2 amide bonds. The van der Waals surface area contributed by atoms with Crippen LogP contribution in [-0.2, 0) is 9.53 Å². The van der Waals surface area contributed by atoms with Crippen molar-refractivity contribution in [1.82, 2.24) is 4.90 Å². The highest BCUT2D eigenvalue weighted by molar-refractivity contribution is 5.95. The molecule has 0 bridgehead atoms. The SMILES string of the molecule is C/C(=C\CC(=O)N1C(=O)OC[C@H]1c1ccccc1)c1ccccc1. The van der Waals surface area contributed by atoms with Gasteiger partial charge in [0.05, 0.1) is 0 Å². The summed E-state index contributed by atoms with van der Waals surface area (Å²) >= 11 is 0. The van der Waals surface area contributed by atoms with Crippen molar-refractivity contribution in [2.45, 2.75) is 19.4 Å². The van der Waals surface area contributed by atoms with Crippen LogP contribution in [0.15, 0.2) is 66.7 Å². The Morgan fingerprint density at radius 1 is 1.12 bits per heavy atom. The van der Waals surface area contributed by atoms with Crippen LogP contribution in [-0.4, -0.2) is 23.5 Å². The Morgan fingerprint density at radius 3 is 2.42 bits per heavy atom. The van der Waals surface area contributed by atoms with Crippen LogP contribution in [0.5, 0.6) is 0 Å². The zero-order chi connectivity index (χ0) is 16.9. The van der Waals surface area contributed by atoms with E-state index in [9.17, 15) is 9.59 Å². The van der Waals surface area contributed by atoms with E-state index in [1.165, 1.54) is 4.90 Å². The van der Waals surface area contributed by atoms with E-state index in [2.05, 4.69) is 0 Å². The standard InChI is InChI=1S/C20H19NO3/c1-15(16-8-4-2-5-9-16)12-13-19(22)21-18(14-24-20(21)23)17-10-6-3-7-11-17/h2-12,18H,13-14H2,1H3/b15-12+/t18-/m0/s1. The number of carbonyl (C=O) groups excluding carboxylic acids is 2. The molecule has 1 heterocycles. The van der Waals surface area contributed by atoms with Crippen LogP contribution in [0, 0.1) is 0 Å². The Hall–Kier alpha value is -2.88. The Labute approximate surface area is 141 Å². The molecule has 1 atom stereocenters. The van der Waals surface area contributed by atoms with Crippen molar-refractivity contribution in [3.05, 3.63) is 77.9 Å². The third kappa shape index (κ3) is 3.38. The van der Waals surface area contributed by atoms with E-state index in [4.69, 9.17) is 4.74 Å². The number of hydrogen-bond donors (Lipinski definition) is 0. The second-order valence-corrected chi connectivity index (χ2v) is 5.72. The van der Waals surface area contributed by atoms with Crippen molar-refractivity contribution < 1.29 is 14.3 Å². The van der Waals surface area contributed by atoms with Gasteiger partial charge in [0, 0.05) is 6.42 Å². The highest BCUT2D eigenvalue weighted by Crippen LogP contribution is 2.28. The molecule has 2 aromatic carbocycles. The molecule has 122 valence electrons.